The van der Waals surface area contributed by atoms with Crippen molar-refractivity contribution in [1.29, 1.82) is 0 Å². The zero-order valence-corrected chi connectivity index (χ0v) is 13.1. The molecule has 18 heavy (non-hydrogen) atoms. The third kappa shape index (κ3) is 3.60. The van der Waals surface area contributed by atoms with Gasteiger partial charge in [-0.3, -0.25) is 4.98 Å². The molecule has 1 N–H and O–H groups in total. The first-order chi connectivity index (χ1) is 8.46. The van der Waals surface area contributed by atoms with Gasteiger partial charge in [0.2, 0.25) is 0 Å². The maximum atomic E-state index is 4.43. The second kappa shape index (κ2) is 5.47. The number of halogens is 1. The van der Waals surface area contributed by atoms with Gasteiger partial charge >= 0.3 is 0 Å². The molecule has 2 aromatic heterocycles. The van der Waals surface area contributed by atoms with Crippen LogP contribution in [0, 0.1) is 0 Å². The lowest BCUT2D eigenvalue weighted by Gasteiger charge is -2.19. The van der Waals surface area contributed by atoms with E-state index in [0.29, 0.717) is 0 Å². The summed E-state index contributed by atoms with van der Waals surface area (Å²) in [7, 11) is 0. The molecular weight excluding hydrogens is 310 g/mol. The molecule has 0 fully saturated rings. The van der Waals surface area contributed by atoms with Crippen LogP contribution in [-0.4, -0.2) is 15.5 Å². The van der Waals surface area contributed by atoms with E-state index in [-0.39, 0.29) is 5.54 Å². The van der Waals surface area contributed by atoms with Gasteiger partial charge < -0.3 is 5.32 Å². The molecule has 0 aliphatic rings. The zero-order valence-electron chi connectivity index (χ0n) is 10.7. The average molecular weight is 326 g/mol. The second-order valence-corrected chi connectivity index (χ2v) is 7.04. The van der Waals surface area contributed by atoms with Gasteiger partial charge in [0.05, 0.1) is 0 Å². The largest absolute Gasteiger partial charge is 0.307 e. The molecule has 0 saturated carbocycles. The first-order valence-corrected chi connectivity index (χ1v) is 7.37. The molecule has 0 aromatic carbocycles. The topological polar surface area (TPSA) is 37.8 Å². The second-order valence-electron chi connectivity index (χ2n) is 5.07. The summed E-state index contributed by atoms with van der Waals surface area (Å²) < 4.78 is 0.981. The van der Waals surface area contributed by atoms with E-state index in [1.807, 2.05) is 18.3 Å². The summed E-state index contributed by atoms with van der Waals surface area (Å²) in [5, 5.41) is 4.41. The molecule has 0 bridgehead atoms. The van der Waals surface area contributed by atoms with Crippen molar-refractivity contribution in [2.24, 2.45) is 0 Å². The number of nitrogens with one attached hydrogen (secondary N) is 1. The summed E-state index contributed by atoms with van der Waals surface area (Å²) in [6.45, 7) is 7.31. The van der Waals surface area contributed by atoms with E-state index in [1.165, 1.54) is 4.88 Å². The number of thiazole rings is 1. The maximum absolute atomic E-state index is 4.43. The van der Waals surface area contributed by atoms with Gasteiger partial charge in [-0.15, -0.1) is 11.3 Å². The Balaban J connectivity index is 2.14. The number of pyridine rings is 1. The van der Waals surface area contributed by atoms with Crippen molar-refractivity contribution in [3.63, 3.8) is 0 Å². The van der Waals surface area contributed by atoms with Gasteiger partial charge in [-0.1, -0.05) is 0 Å². The monoisotopic (exact) mass is 325 g/mol. The lowest BCUT2D eigenvalue weighted by molar-refractivity contribution is 0.426. The van der Waals surface area contributed by atoms with Crippen LogP contribution in [0.1, 0.15) is 25.6 Å². The van der Waals surface area contributed by atoms with Crippen LogP contribution in [0.15, 0.2) is 29.0 Å². The van der Waals surface area contributed by atoms with E-state index in [0.717, 1.165) is 21.7 Å². The number of hydrogen-bond donors (Lipinski definition) is 1. The number of nitrogens with zero attached hydrogens (tertiary/aromatic N) is 2. The fourth-order valence-electron chi connectivity index (χ4n) is 1.39. The molecular formula is C13H16BrN3S. The van der Waals surface area contributed by atoms with Crippen molar-refractivity contribution in [3.05, 3.63) is 33.9 Å². The van der Waals surface area contributed by atoms with Crippen LogP contribution in [0.25, 0.3) is 10.7 Å². The zero-order chi connectivity index (χ0) is 13.2. The minimum absolute atomic E-state index is 0.121. The number of rotatable bonds is 3. The van der Waals surface area contributed by atoms with Crippen LogP contribution in [0.4, 0.5) is 0 Å². The van der Waals surface area contributed by atoms with Gasteiger partial charge in [-0.25, -0.2) is 4.98 Å². The van der Waals surface area contributed by atoms with Gasteiger partial charge in [0.25, 0.3) is 0 Å². The highest BCUT2D eigenvalue weighted by atomic mass is 79.9. The Morgan fingerprint density at radius 2 is 2.11 bits per heavy atom. The summed E-state index contributed by atoms with van der Waals surface area (Å²) in [6.07, 6.45) is 3.70. The summed E-state index contributed by atoms with van der Waals surface area (Å²) in [5.74, 6) is 0. The van der Waals surface area contributed by atoms with E-state index in [4.69, 9.17) is 0 Å². The minimum atomic E-state index is 0.121. The molecule has 3 nitrogen and oxygen atoms in total. The van der Waals surface area contributed by atoms with Crippen molar-refractivity contribution < 1.29 is 0 Å². The lowest BCUT2D eigenvalue weighted by atomic mass is 10.1. The van der Waals surface area contributed by atoms with E-state index < -0.39 is 0 Å². The quantitative estimate of drug-likeness (QED) is 0.931. The Morgan fingerprint density at radius 3 is 2.78 bits per heavy atom. The van der Waals surface area contributed by atoms with Crippen molar-refractivity contribution >= 4 is 27.3 Å². The summed E-state index contributed by atoms with van der Waals surface area (Å²) in [4.78, 5) is 10.0. The molecule has 0 unspecified atom stereocenters. The van der Waals surface area contributed by atoms with Gasteiger partial charge in [0.1, 0.15) is 10.7 Å². The van der Waals surface area contributed by atoms with Gasteiger partial charge in [0.15, 0.2) is 0 Å². The SMILES string of the molecule is CC(C)(C)NCc1cnc(-c2ncccc2Br)s1. The Morgan fingerprint density at radius 1 is 1.33 bits per heavy atom. The first-order valence-electron chi connectivity index (χ1n) is 5.76. The summed E-state index contributed by atoms with van der Waals surface area (Å²) >= 11 is 5.18. The predicted molar refractivity (Wildman–Crippen MR) is 79.6 cm³/mol. The van der Waals surface area contributed by atoms with Crippen LogP contribution in [0.2, 0.25) is 0 Å². The number of aromatic nitrogens is 2. The molecule has 0 saturated heterocycles. The molecule has 0 amide bonds. The molecule has 2 rings (SSSR count). The Hall–Kier alpha value is -0.780. The molecule has 0 atom stereocenters. The lowest BCUT2D eigenvalue weighted by Crippen LogP contribution is -2.34. The van der Waals surface area contributed by atoms with E-state index in [9.17, 15) is 0 Å². The number of hydrogen-bond acceptors (Lipinski definition) is 4. The first kappa shape index (κ1) is 13.6. The highest BCUT2D eigenvalue weighted by Crippen LogP contribution is 2.29. The molecule has 2 aromatic rings. The van der Waals surface area contributed by atoms with Crippen molar-refractivity contribution in [2.75, 3.05) is 0 Å². The molecule has 0 aliphatic heterocycles. The van der Waals surface area contributed by atoms with E-state index in [1.54, 1.807) is 17.5 Å². The minimum Gasteiger partial charge on any atom is -0.307 e. The van der Waals surface area contributed by atoms with Crippen LogP contribution < -0.4 is 5.32 Å². The van der Waals surface area contributed by atoms with Crippen molar-refractivity contribution in [3.8, 4) is 10.7 Å². The standard InChI is InChI=1S/C13H16BrN3S/c1-13(2,3)17-8-9-7-16-12(18-9)11-10(14)5-4-6-15-11/h4-7,17H,8H2,1-3H3. The van der Waals surface area contributed by atoms with E-state index >= 15 is 0 Å². The molecule has 2 heterocycles. The summed E-state index contributed by atoms with van der Waals surface area (Å²) in [5.41, 5.74) is 1.03. The van der Waals surface area contributed by atoms with Crippen LogP contribution in [0.3, 0.4) is 0 Å². The summed E-state index contributed by atoms with van der Waals surface area (Å²) in [6, 6.07) is 3.89. The van der Waals surface area contributed by atoms with Crippen LogP contribution in [-0.2, 0) is 6.54 Å². The van der Waals surface area contributed by atoms with E-state index in [2.05, 4.69) is 52.0 Å². The third-order valence-corrected chi connectivity index (χ3v) is 3.95. The van der Waals surface area contributed by atoms with Crippen LogP contribution in [0.5, 0.6) is 0 Å². The van der Waals surface area contributed by atoms with Gasteiger partial charge in [-0.05, 0) is 48.8 Å². The maximum Gasteiger partial charge on any atom is 0.143 e. The molecule has 0 aliphatic carbocycles. The molecule has 5 heteroatoms. The molecule has 0 radical (unpaired) electrons. The van der Waals surface area contributed by atoms with Crippen molar-refractivity contribution in [1.82, 2.24) is 15.3 Å². The fourth-order valence-corrected chi connectivity index (χ4v) is 2.83. The van der Waals surface area contributed by atoms with Gasteiger partial charge in [0, 0.05) is 33.8 Å². The molecule has 0 spiro atoms. The smallest absolute Gasteiger partial charge is 0.143 e. The predicted octanol–water partition coefficient (Wildman–Crippen LogP) is 3.86. The van der Waals surface area contributed by atoms with Crippen LogP contribution >= 0.6 is 27.3 Å². The normalized spacial score (nSPS) is 11.8. The van der Waals surface area contributed by atoms with Gasteiger partial charge in [-0.2, -0.15) is 0 Å². The Labute approximate surface area is 120 Å². The van der Waals surface area contributed by atoms with Crippen molar-refractivity contribution in [2.45, 2.75) is 32.9 Å². The Bertz CT molecular complexity index is 531. The molecule has 96 valence electrons. The highest BCUT2D eigenvalue weighted by molar-refractivity contribution is 9.10. The third-order valence-electron chi connectivity index (χ3n) is 2.31. The average Bonchev–Trinajstić information content (AvgIpc) is 2.75. The Kier molecular flexibility index (Phi) is 4.14. The fraction of sp³-hybridized carbons (Fsp3) is 0.385. The highest BCUT2D eigenvalue weighted by Gasteiger charge is 2.12.